The second kappa shape index (κ2) is 3.07. The summed E-state index contributed by atoms with van der Waals surface area (Å²) in [4.78, 5) is 0. The second-order valence-electron chi connectivity index (χ2n) is 3.29. The summed E-state index contributed by atoms with van der Waals surface area (Å²) in [5, 5.41) is 0. The summed E-state index contributed by atoms with van der Waals surface area (Å²) < 4.78 is 13.1. The first-order valence-electron chi connectivity index (χ1n) is 3.91. The predicted molar refractivity (Wildman–Crippen MR) is 44.6 cm³/mol. The standard InChI is InChI=1S/C9H14FN/c1-6(2)8-5-7(11)3-4-9(8)10/h3-6,8-9H,11H2,1-2H3. The van der Waals surface area contributed by atoms with E-state index in [1.807, 2.05) is 13.8 Å². The van der Waals surface area contributed by atoms with Crippen LogP contribution in [0.5, 0.6) is 0 Å². The summed E-state index contributed by atoms with van der Waals surface area (Å²) in [7, 11) is 0. The molecule has 0 aromatic heterocycles. The Morgan fingerprint density at radius 2 is 2.18 bits per heavy atom. The van der Waals surface area contributed by atoms with Gasteiger partial charge in [0.25, 0.3) is 0 Å². The van der Waals surface area contributed by atoms with Crippen LogP contribution in [0.2, 0.25) is 0 Å². The topological polar surface area (TPSA) is 26.0 Å². The minimum Gasteiger partial charge on any atom is -0.399 e. The van der Waals surface area contributed by atoms with Gasteiger partial charge in [-0.2, -0.15) is 0 Å². The maximum Gasteiger partial charge on any atom is 0.125 e. The molecular formula is C9H14FN. The molecule has 1 rings (SSSR count). The molecule has 1 nitrogen and oxygen atoms in total. The van der Waals surface area contributed by atoms with E-state index in [-0.39, 0.29) is 5.92 Å². The zero-order chi connectivity index (χ0) is 8.43. The average molecular weight is 155 g/mol. The lowest BCUT2D eigenvalue weighted by atomic mass is 9.87. The van der Waals surface area contributed by atoms with Gasteiger partial charge in [-0.25, -0.2) is 4.39 Å². The van der Waals surface area contributed by atoms with Crippen molar-refractivity contribution in [1.29, 1.82) is 0 Å². The fraction of sp³-hybridized carbons (Fsp3) is 0.556. The van der Waals surface area contributed by atoms with Gasteiger partial charge in [0, 0.05) is 11.6 Å². The molecule has 0 aromatic rings. The third kappa shape index (κ3) is 1.82. The maximum absolute atomic E-state index is 13.1. The van der Waals surface area contributed by atoms with Crippen molar-refractivity contribution in [3.8, 4) is 0 Å². The summed E-state index contributed by atoms with van der Waals surface area (Å²) in [5.41, 5.74) is 6.21. The molecule has 2 atom stereocenters. The van der Waals surface area contributed by atoms with Crippen LogP contribution in [0.4, 0.5) is 4.39 Å². The lowest BCUT2D eigenvalue weighted by molar-refractivity contribution is 0.265. The van der Waals surface area contributed by atoms with Gasteiger partial charge in [-0.3, -0.25) is 0 Å². The van der Waals surface area contributed by atoms with Crippen molar-refractivity contribution in [3.63, 3.8) is 0 Å². The van der Waals surface area contributed by atoms with E-state index in [2.05, 4.69) is 0 Å². The summed E-state index contributed by atoms with van der Waals surface area (Å²) in [6.07, 6.45) is 4.10. The Morgan fingerprint density at radius 1 is 1.55 bits per heavy atom. The Bertz CT molecular complexity index is 194. The fourth-order valence-corrected chi connectivity index (χ4v) is 1.26. The van der Waals surface area contributed by atoms with Crippen LogP contribution < -0.4 is 5.73 Å². The van der Waals surface area contributed by atoms with Crippen molar-refractivity contribution in [2.24, 2.45) is 17.6 Å². The lowest BCUT2D eigenvalue weighted by Gasteiger charge is -2.22. The minimum atomic E-state index is -0.859. The molecule has 0 bridgehead atoms. The van der Waals surface area contributed by atoms with Gasteiger partial charge in [-0.1, -0.05) is 19.9 Å². The Balaban J connectivity index is 2.73. The van der Waals surface area contributed by atoms with Crippen molar-refractivity contribution >= 4 is 0 Å². The largest absolute Gasteiger partial charge is 0.399 e. The molecule has 11 heavy (non-hydrogen) atoms. The van der Waals surface area contributed by atoms with Crippen LogP contribution in [0.15, 0.2) is 23.9 Å². The first-order chi connectivity index (χ1) is 5.11. The highest BCUT2D eigenvalue weighted by molar-refractivity contribution is 5.23. The number of halogens is 1. The Kier molecular flexibility index (Phi) is 2.32. The lowest BCUT2D eigenvalue weighted by Crippen LogP contribution is -2.21. The highest BCUT2D eigenvalue weighted by Crippen LogP contribution is 2.24. The molecule has 1 aliphatic rings. The number of nitrogens with two attached hydrogens (primary N) is 1. The molecule has 2 heteroatoms. The van der Waals surface area contributed by atoms with Gasteiger partial charge >= 0.3 is 0 Å². The number of rotatable bonds is 1. The predicted octanol–water partition coefficient (Wildman–Crippen LogP) is 2.01. The molecule has 62 valence electrons. The second-order valence-corrected chi connectivity index (χ2v) is 3.29. The van der Waals surface area contributed by atoms with Crippen molar-refractivity contribution in [2.75, 3.05) is 0 Å². The first kappa shape index (κ1) is 8.31. The van der Waals surface area contributed by atoms with E-state index >= 15 is 0 Å². The molecule has 0 aromatic carbocycles. The zero-order valence-electron chi connectivity index (χ0n) is 6.92. The molecule has 0 saturated heterocycles. The van der Waals surface area contributed by atoms with Crippen LogP contribution in [-0.2, 0) is 0 Å². The maximum atomic E-state index is 13.1. The summed E-state index contributed by atoms with van der Waals surface area (Å²) >= 11 is 0. The molecule has 0 saturated carbocycles. The van der Waals surface area contributed by atoms with Gasteiger partial charge in [-0.05, 0) is 18.1 Å². The summed E-state index contributed by atoms with van der Waals surface area (Å²) in [5.74, 6) is 0.272. The third-order valence-corrected chi connectivity index (χ3v) is 1.99. The van der Waals surface area contributed by atoms with E-state index in [1.54, 1.807) is 12.2 Å². The number of alkyl halides is 1. The average Bonchev–Trinajstić information content (AvgIpc) is 1.94. The number of hydrogen-bond donors (Lipinski definition) is 1. The van der Waals surface area contributed by atoms with Crippen LogP contribution in [-0.4, -0.2) is 6.17 Å². The molecule has 0 spiro atoms. The van der Waals surface area contributed by atoms with Gasteiger partial charge in [0.05, 0.1) is 0 Å². The van der Waals surface area contributed by atoms with E-state index in [0.29, 0.717) is 11.6 Å². The van der Waals surface area contributed by atoms with Crippen LogP contribution in [0, 0.1) is 11.8 Å². The van der Waals surface area contributed by atoms with Crippen LogP contribution in [0.25, 0.3) is 0 Å². The van der Waals surface area contributed by atoms with Gasteiger partial charge in [0.15, 0.2) is 0 Å². The molecule has 2 unspecified atom stereocenters. The molecule has 2 N–H and O–H groups in total. The monoisotopic (exact) mass is 155 g/mol. The van der Waals surface area contributed by atoms with E-state index in [1.165, 1.54) is 6.08 Å². The smallest absolute Gasteiger partial charge is 0.125 e. The SMILES string of the molecule is CC(C)C1C=C(N)C=CC1F. The van der Waals surface area contributed by atoms with Gasteiger partial charge in [0.2, 0.25) is 0 Å². The van der Waals surface area contributed by atoms with Crippen LogP contribution in [0.3, 0.4) is 0 Å². The molecule has 0 amide bonds. The van der Waals surface area contributed by atoms with Crippen molar-refractivity contribution < 1.29 is 4.39 Å². The molecule has 0 heterocycles. The van der Waals surface area contributed by atoms with E-state index in [0.717, 1.165) is 0 Å². The van der Waals surface area contributed by atoms with E-state index in [9.17, 15) is 4.39 Å². The van der Waals surface area contributed by atoms with E-state index < -0.39 is 6.17 Å². The van der Waals surface area contributed by atoms with Crippen molar-refractivity contribution in [3.05, 3.63) is 23.9 Å². The van der Waals surface area contributed by atoms with Gasteiger partial charge in [0.1, 0.15) is 6.17 Å². The van der Waals surface area contributed by atoms with Crippen LogP contribution >= 0.6 is 0 Å². The molecule has 1 aliphatic carbocycles. The highest BCUT2D eigenvalue weighted by Gasteiger charge is 2.22. The summed E-state index contributed by atoms with van der Waals surface area (Å²) in [6, 6.07) is 0. The number of hydrogen-bond acceptors (Lipinski definition) is 1. The zero-order valence-corrected chi connectivity index (χ0v) is 6.92. The quantitative estimate of drug-likeness (QED) is 0.616. The first-order valence-corrected chi connectivity index (χ1v) is 3.91. The Hall–Kier alpha value is -0.790. The van der Waals surface area contributed by atoms with Crippen molar-refractivity contribution in [2.45, 2.75) is 20.0 Å². The van der Waals surface area contributed by atoms with Crippen molar-refractivity contribution in [1.82, 2.24) is 0 Å². The normalized spacial score (nSPS) is 30.7. The summed E-state index contributed by atoms with van der Waals surface area (Å²) in [6.45, 7) is 4.00. The third-order valence-electron chi connectivity index (χ3n) is 1.99. The van der Waals surface area contributed by atoms with E-state index in [4.69, 9.17) is 5.73 Å². The fourth-order valence-electron chi connectivity index (χ4n) is 1.26. The molecule has 0 fully saturated rings. The molecule has 0 aliphatic heterocycles. The molecular weight excluding hydrogens is 141 g/mol. The highest BCUT2D eigenvalue weighted by atomic mass is 19.1. The van der Waals surface area contributed by atoms with Crippen LogP contribution in [0.1, 0.15) is 13.8 Å². The van der Waals surface area contributed by atoms with Gasteiger partial charge < -0.3 is 5.73 Å². The molecule has 0 radical (unpaired) electrons. The minimum absolute atomic E-state index is 0.0417. The Labute approximate surface area is 66.8 Å². The van der Waals surface area contributed by atoms with Gasteiger partial charge in [-0.15, -0.1) is 0 Å². The number of allylic oxidation sites excluding steroid dienone is 3. The Morgan fingerprint density at radius 3 is 2.64 bits per heavy atom.